The molecule has 0 atom stereocenters. The van der Waals surface area contributed by atoms with Crippen LogP contribution >= 0.6 is 23.5 Å². The summed E-state index contributed by atoms with van der Waals surface area (Å²) in [5.74, 6) is 2.11. The van der Waals surface area contributed by atoms with Crippen molar-refractivity contribution in [2.45, 2.75) is 23.2 Å². The van der Waals surface area contributed by atoms with E-state index in [-0.39, 0.29) is 0 Å². The van der Waals surface area contributed by atoms with Crippen LogP contribution in [0.15, 0.2) is 47.2 Å². The lowest BCUT2D eigenvalue weighted by atomic mass is 10.4. The zero-order valence-electron chi connectivity index (χ0n) is 9.90. The van der Waals surface area contributed by atoms with E-state index in [2.05, 4.69) is 19.9 Å². The van der Waals surface area contributed by atoms with Gasteiger partial charge in [0.25, 0.3) is 0 Å². The molecule has 0 aliphatic heterocycles. The van der Waals surface area contributed by atoms with Crippen LogP contribution in [0.3, 0.4) is 0 Å². The van der Waals surface area contributed by atoms with Crippen molar-refractivity contribution in [1.82, 2.24) is 19.9 Å². The van der Waals surface area contributed by atoms with Crippen LogP contribution in [0.5, 0.6) is 0 Å². The van der Waals surface area contributed by atoms with Crippen molar-refractivity contribution in [2.75, 3.05) is 11.5 Å². The maximum Gasteiger partial charge on any atom is 0.187 e. The average Bonchev–Trinajstić information content (AvgIpc) is 2.45. The zero-order valence-corrected chi connectivity index (χ0v) is 11.5. The van der Waals surface area contributed by atoms with Crippen LogP contribution in [0, 0.1) is 0 Å². The van der Waals surface area contributed by atoms with Gasteiger partial charge in [0.2, 0.25) is 0 Å². The molecule has 2 aromatic heterocycles. The van der Waals surface area contributed by atoms with Gasteiger partial charge in [0.15, 0.2) is 10.3 Å². The van der Waals surface area contributed by atoms with Crippen LogP contribution in [0.4, 0.5) is 0 Å². The van der Waals surface area contributed by atoms with Crippen molar-refractivity contribution in [3.63, 3.8) is 0 Å². The predicted molar refractivity (Wildman–Crippen MR) is 74.7 cm³/mol. The quantitative estimate of drug-likeness (QED) is 0.441. The van der Waals surface area contributed by atoms with Gasteiger partial charge in [-0.25, -0.2) is 19.9 Å². The van der Waals surface area contributed by atoms with Gasteiger partial charge >= 0.3 is 0 Å². The highest BCUT2D eigenvalue weighted by Crippen LogP contribution is 2.16. The number of hydrogen-bond acceptors (Lipinski definition) is 6. The SMILES string of the molecule is c1cnc(SCCCCSc2ncccn2)nc1. The highest BCUT2D eigenvalue weighted by molar-refractivity contribution is 7.99. The lowest BCUT2D eigenvalue weighted by molar-refractivity contribution is 0.889. The molecule has 0 aromatic carbocycles. The first-order chi connectivity index (χ1) is 8.95. The second-order valence-electron chi connectivity index (χ2n) is 3.47. The van der Waals surface area contributed by atoms with Crippen LogP contribution in [0.2, 0.25) is 0 Å². The Labute approximate surface area is 115 Å². The molecule has 2 heterocycles. The fourth-order valence-corrected chi connectivity index (χ4v) is 2.85. The van der Waals surface area contributed by atoms with Crippen molar-refractivity contribution in [3.05, 3.63) is 36.9 Å². The largest absolute Gasteiger partial charge is 0.231 e. The molecule has 0 radical (unpaired) electrons. The highest BCUT2D eigenvalue weighted by Gasteiger charge is 1.98. The second kappa shape index (κ2) is 8.05. The molecule has 18 heavy (non-hydrogen) atoms. The third-order valence-electron chi connectivity index (χ3n) is 2.09. The van der Waals surface area contributed by atoms with Crippen LogP contribution in [-0.4, -0.2) is 31.4 Å². The Kier molecular flexibility index (Phi) is 5.94. The van der Waals surface area contributed by atoms with E-state index < -0.39 is 0 Å². The van der Waals surface area contributed by atoms with Gasteiger partial charge in [0, 0.05) is 36.3 Å². The highest BCUT2D eigenvalue weighted by atomic mass is 32.2. The maximum atomic E-state index is 4.17. The number of rotatable bonds is 7. The molecule has 94 valence electrons. The minimum absolute atomic E-state index is 0.858. The Bertz CT molecular complexity index is 395. The summed E-state index contributed by atoms with van der Waals surface area (Å²) in [6.45, 7) is 0. The van der Waals surface area contributed by atoms with Crippen molar-refractivity contribution < 1.29 is 0 Å². The molecule has 0 saturated heterocycles. The van der Waals surface area contributed by atoms with Gasteiger partial charge in [-0.1, -0.05) is 23.5 Å². The van der Waals surface area contributed by atoms with Crippen molar-refractivity contribution in [3.8, 4) is 0 Å². The van der Waals surface area contributed by atoms with E-state index in [1.54, 1.807) is 48.3 Å². The van der Waals surface area contributed by atoms with E-state index in [0.29, 0.717) is 0 Å². The first kappa shape index (κ1) is 13.3. The van der Waals surface area contributed by atoms with E-state index >= 15 is 0 Å². The van der Waals surface area contributed by atoms with Gasteiger partial charge in [-0.15, -0.1) is 0 Å². The van der Waals surface area contributed by atoms with Gasteiger partial charge in [0.1, 0.15) is 0 Å². The average molecular weight is 278 g/mol. The predicted octanol–water partition coefficient (Wildman–Crippen LogP) is 2.93. The smallest absolute Gasteiger partial charge is 0.187 e. The molecule has 0 fully saturated rings. The summed E-state index contributed by atoms with van der Waals surface area (Å²) in [6.07, 6.45) is 9.41. The Morgan fingerprint density at radius 3 is 1.44 bits per heavy atom. The third-order valence-corrected chi connectivity index (χ3v) is 4.01. The van der Waals surface area contributed by atoms with Gasteiger partial charge in [-0.2, -0.15) is 0 Å². The minimum atomic E-state index is 0.858. The van der Waals surface area contributed by atoms with Crippen molar-refractivity contribution >= 4 is 23.5 Å². The van der Waals surface area contributed by atoms with E-state index in [1.165, 1.54) is 0 Å². The Balaban J connectivity index is 1.54. The van der Waals surface area contributed by atoms with E-state index in [9.17, 15) is 0 Å². The Hall–Kier alpha value is -1.14. The molecule has 0 saturated carbocycles. The van der Waals surface area contributed by atoms with Crippen LogP contribution in [-0.2, 0) is 0 Å². The Morgan fingerprint density at radius 2 is 1.06 bits per heavy atom. The molecule has 4 nitrogen and oxygen atoms in total. The van der Waals surface area contributed by atoms with Crippen LogP contribution < -0.4 is 0 Å². The summed E-state index contributed by atoms with van der Waals surface area (Å²) in [5, 5.41) is 1.72. The van der Waals surface area contributed by atoms with Crippen LogP contribution in [0.1, 0.15) is 12.8 Å². The summed E-state index contributed by atoms with van der Waals surface area (Å²) in [5.41, 5.74) is 0. The topological polar surface area (TPSA) is 51.6 Å². The molecule has 2 rings (SSSR count). The molecule has 0 amide bonds. The first-order valence-corrected chi connectivity index (χ1v) is 7.72. The number of aromatic nitrogens is 4. The molecule has 0 bridgehead atoms. The van der Waals surface area contributed by atoms with Crippen LogP contribution in [0.25, 0.3) is 0 Å². The molecular weight excluding hydrogens is 264 g/mol. The van der Waals surface area contributed by atoms with Crippen molar-refractivity contribution in [1.29, 1.82) is 0 Å². The van der Waals surface area contributed by atoms with Gasteiger partial charge in [0.05, 0.1) is 0 Å². The van der Waals surface area contributed by atoms with E-state index in [4.69, 9.17) is 0 Å². The molecule has 0 unspecified atom stereocenters. The number of thioether (sulfide) groups is 2. The fraction of sp³-hybridized carbons (Fsp3) is 0.333. The maximum absolute atomic E-state index is 4.17. The fourth-order valence-electron chi connectivity index (χ4n) is 1.25. The number of hydrogen-bond donors (Lipinski definition) is 0. The molecule has 0 N–H and O–H groups in total. The monoisotopic (exact) mass is 278 g/mol. The summed E-state index contributed by atoms with van der Waals surface area (Å²) in [6, 6.07) is 3.67. The van der Waals surface area contributed by atoms with E-state index in [1.807, 2.05) is 12.1 Å². The number of nitrogens with zero attached hydrogens (tertiary/aromatic N) is 4. The molecule has 0 aliphatic rings. The van der Waals surface area contributed by atoms with E-state index in [0.717, 1.165) is 34.7 Å². The Morgan fingerprint density at radius 1 is 0.667 bits per heavy atom. The lowest BCUT2D eigenvalue weighted by Gasteiger charge is -2.00. The molecule has 0 spiro atoms. The summed E-state index contributed by atoms with van der Waals surface area (Å²) in [4.78, 5) is 16.7. The standard InChI is InChI=1S/C12H14N4S2/c1(9-17-11-13-5-3-6-14-11)2-10-18-12-15-7-4-8-16-12/h3-8H,1-2,9-10H2. The third kappa shape index (κ3) is 5.01. The summed E-state index contributed by atoms with van der Waals surface area (Å²) < 4.78 is 0. The van der Waals surface area contributed by atoms with Gasteiger partial charge in [-0.05, 0) is 25.0 Å². The molecule has 0 aliphatic carbocycles. The van der Waals surface area contributed by atoms with Gasteiger partial charge in [-0.3, -0.25) is 0 Å². The lowest BCUT2D eigenvalue weighted by Crippen LogP contribution is -1.89. The molecular formula is C12H14N4S2. The summed E-state index contributed by atoms with van der Waals surface area (Å²) >= 11 is 3.41. The second-order valence-corrected chi connectivity index (χ2v) is 5.59. The minimum Gasteiger partial charge on any atom is -0.231 e. The van der Waals surface area contributed by atoms with Crippen molar-refractivity contribution in [2.24, 2.45) is 0 Å². The normalized spacial score (nSPS) is 10.4. The van der Waals surface area contributed by atoms with Gasteiger partial charge < -0.3 is 0 Å². The summed E-state index contributed by atoms with van der Waals surface area (Å²) in [7, 11) is 0. The zero-order chi connectivity index (χ0) is 12.5. The first-order valence-electron chi connectivity index (χ1n) is 5.75. The molecule has 2 aromatic rings. The molecule has 6 heteroatoms. The number of unbranched alkanes of at least 4 members (excludes halogenated alkanes) is 1.